The van der Waals surface area contributed by atoms with Gasteiger partial charge in [-0.2, -0.15) is 18.3 Å². The molecule has 41 heavy (non-hydrogen) atoms. The summed E-state index contributed by atoms with van der Waals surface area (Å²) in [5, 5.41) is 8.42. The molecule has 13 heteroatoms. The fourth-order valence-corrected chi connectivity index (χ4v) is 3.51. The molecular formula is C28H27F3N4O6. The molecule has 10 nitrogen and oxygen atoms in total. The maximum atomic E-state index is 13.1. The largest absolute Gasteiger partial charge is 0.493 e. The number of hydrazone groups is 1. The third-order valence-corrected chi connectivity index (χ3v) is 5.47. The molecule has 0 aliphatic carbocycles. The first-order chi connectivity index (χ1) is 19.6. The van der Waals surface area contributed by atoms with Crippen LogP contribution < -0.4 is 30.3 Å². The molecule has 3 N–H and O–H groups in total. The predicted octanol–water partition coefficient (Wildman–Crippen LogP) is 3.55. The molecule has 3 aromatic rings. The summed E-state index contributed by atoms with van der Waals surface area (Å²) < 4.78 is 55.1. The number of rotatable bonds is 11. The normalized spacial score (nSPS) is 11.0. The number of benzene rings is 3. The molecule has 3 amide bonds. The summed E-state index contributed by atoms with van der Waals surface area (Å²) in [6.45, 7) is -0.354. The van der Waals surface area contributed by atoms with Gasteiger partial charge in [-0.3, -0.25) is 14.4 Å². The average molecular weight is 573 g/mol. The molecule has 0 radical (unpaired) electrons. The third-order valence-electron chi connectivity index (χ3n) is 5.47. The summed E-state index contributed by atoms with van der Waals surface area (Å²) in [5.74, 6) is -1.29. The van der Waals surface area contributed by atoms with Gasteiger partial charge in [0, 0.05) is 6.54 Å². The topological polar surface area (TPSA) is 127 Å². The number of alkyl halides is 3. The van der Waals surface area contributed by atoms with E-state index in [-0.39, 0.29) is 18.0 Å². The van der Waals surface area contributed by atoms with Gasteiger partial charge in [-0.05, 0) is 53.9 Å². The van der Waals surface area contributed by atoms with E-state index in [1.165, 1.54) is 44.7 Å². The van der Waals surface area contributed by atoms with Gasteiger partial charge in [-0.1, -0.05) is 30.3 Å². The van der Waals surface area contributed by atoms with E-state index < -0.39 is 36.1 Å². The van der Waals surface area contributed by atoms with Crippen LogP contribution in [0.3, 0.4) is 0 Å². The van der Waals surface area contributed by atoms with Gasteiger partial charge in [0.05, 0.1) is 31.7 Å². The van der Waals surface area contributed by atoms with Crippen molar-refractivity contribution in [3.63, 3.8) is 0 Å². The second-order valence-electron chi connectivity index (χ2n) is 8.35. The second kappa shape index (κ2) is 14.4. The van der Waals surface area contributed by atoms with E-state index >= 15 is 0 Å². The fraction of sp³-hybridized carbons (Fsp3) is 0.214. The number of anilines is 1. The molecule has 0 heterocycles. The Labute approximate surface area is 233 Å². The highest BCUT2D eigenvalue weighted by Gasteiger charge is 2.33. The zero-order valence-electron chi connectivity index (χ0n) is 22.1. The molecule has 3 aromatic carbocycles. The summed E-state index contributed by atoms with van der Waals surface area (Å²) in [5.41, 5.74) is 2.09. The van der Waals surface area contributed by atoms with Crippen molar-refractivity contribution in [2.75, 3.05) is 32.7 Å². The van der Waals surface area contributed by atoms with Crippen molar-refractivity contribution in [3.8, 4) is 17.2 Å². The van der Waals surface area contributed by atoms with E-state index in [1.807, 2.05) is 6.07 Å². The monoisotopic (exact) mass is 572 g/mol. The van der Waals surface area contributed by atoms with Crippen LogP contribution in [0.1, 0.15) is 16.7 Å². The van der Waals surface area contributed by atoms with Crippen LogP contribution in [0.5, 0.6) is 17.2 Å². The summed E-state index contributed by atoms with van der Waals surface area (Å²) in [6, 6.07) is 16.1. The molecule has 3 rings (SSSR count). The minimum absolute atomic E-state index is 0.195. The Morgan fingerprint density at radius 3 is 2.39 bits per heavy atom. The standard InChI is InChI=1S/C28H27F3N4O6/c1-39-23-11-10-18(15-24(23)40-2)12-13-32-26(37)27(38)35-33-16-19-6-5-7-20(14-19)41-17-25(36)34-22-9-4-3-8-21(22)28(29,30)31/h3-11,14-16H,12-13,17H2,1-2H3,(H,32,37)(H,34,36)(H,35,38)/b33-16-. The van der Waals surface area contributed by atoms with Crippen LogP contribution in [0.25, 0.3) is 0 Å². The molecule has 0 saturated carbocycles. The van der Waals surface area contributed by atoms with Crippen molar-refractivity contribution in [2.45, 2.75) is 12.6 Å². The van der Waals surface area contributed by atoms with E-state index in [0.29, 0.717) is 23.5 Å². The zero-order valence-corrected chi connectivity index (χ0v) is 22.1. The Morgan fingerprint density at radius 1 is 0.902 bits per heavy atom. The molecular weight excluding hydrogens is 545 g/mol. The first-order valence-electron chi connectivity index (χ1n) is 12.1. The Hall–Kier alpha value is -5.07. The minimum Gasteiger partial charge on any atom is -0.493 e. The van der Waals surface area contributed by atoms with Crippen molar-refractivity contribution < 1.29 is 41.8 Å². The number of carbonyl (C=O) groups is 3. The van der Waals surface area contributed by atoms with Gasteiger partial charge in [0.15, 0.2) is 18.1 Å². The lowest BCUT2D eigenvalue weighted by Crippen LogP contribution is -2.38. The van der Waals surface area contributed by atoms with E-state index in [0.717, 1.165) is 17.7 Å². The van der Waals surface area contributed by atoms with Gasteiger partial charge < -0.3 is 24.8 Å². The van der Waals surface area contributed by atoms with E-state index in [4.69, 9.17) is 14.2 Å². The second-order valence-corrected chi connectivity index (χ2v) is 8.35. The summed E-state index contributed by atoms with van der Waals surface area (Å²) in [4.78, 5) is 36.2. The summed E-state index contributed by atoms with van der Waals surface area (Å²) in [6.07, 6.45) is -2.93. The Kier molecular flexibility index (Phi) is 10.7. The minimum atomic E-state index is -4.62. The molecule has 0 saturated heterocycles. The van der Waals surface area contributed by atoms with Crippen LogP contribution in [0.2, 0.25) is 0 Å². The number of nitrogens with one attached hydrogen (secondary N) is 3. The smallest absolute Gasteiger partial charge is 0.418 e. The zero-order chi connectivity index (χ0) is 29.8. The van der Waals surface area contributed by atoms with Crippen LogP contribution in [-0.2, 0) is 27.0 Å². The molecule has 0 aromatic heterocycles. The van der Waals surface area contributed by atoms with Crippen LogP contribution in [0.4, 0.5) is 18.9 Å². The van der Waals surface area contributed by atoms with Crippen molar-refractivity contribution in [2.24, 2.45) is 5.10 Å². The van der Waals surface area contributed by atoms with Crippen molar-refractivity contribution in [3.05, 3.63) is 83.4 Å². The number of hydrogen-bond acceptors (Lipinski definition) is 7. The van der Waals surface area contributed by atoms with Crippen LogP contribution >= 0.6 is 0 Å². The number of carbonyl (C=O) groups excluding carboxylic acids is 3. The molecule has 0 aliphatic rings. The van der Waals surface area contributed by atoms with Gasteiger partial charge in [0.2, 0.25) is 0 Å². The van der Waals surface area contributed by atoms with E-state index in [9.17, 15) is 27.6 Å². The molecule has 0 fully saturated rings. The van der Waals surface area contributed by atoms with Crippen molar-refractivity contribution in [1.29, 1.82) is 0 Å². The fourth-order valence-electron chi connectivity index (χ4n) is 3.51. The maximum absolute atomic E-state index is 13.1. The number of para-hydroxylation sites is 1. The van der Waals surface area contributed by atoms with Gasteiger partial charge in [0.1, 0.15) is 5.75 Å². The van der Waals surface area contributed by atoms with Gasteiger partial charge in [0.25, 0.3) is 5.91 Å². The molecule has 216 valence electrons. The summed E-state index contributed by atoms with van der Waals surface area (Å²) in [7, 11) is 3.04. The molecule has 0 unspecified atom stereocenters. The van der Waals surface area contributed by atoms with E-state index in [2.05, 4.69) is 21.2 Å². The average Bonchev–Trinajstić information content (AvgIpc) is 2.95. The van der Waals surface area contributed by atoms with Gasteiger partial charge in [-0.25, -0.2) is 5.43 Å². The first kappa shape index (κ1) is 30.5. The van der Waals surface area contributed by atoms with Crippen molar-refractivity contribution >= 4 is 29.6 Å². The lowest BCUT2D eigenvalue weighted by molar-refractivity contribution is -0.139. The Morgan fingerprint density at radius 2 is 1.66 bits per heavy atom. The SMILES string of the molecule is COc1ccc(CCNC(=O)C(=O)N/N=C\c2cccc(OCC(=O)Nc3ccccc3C(F)(F)F)c2)cc1OC. The van der Waals surface area contributed by atoms with Crippen molar-refractivity contribution in [1.82, 2.24) is 10.7 Å². The maximum Gasteiger partial charge on any atom is 0.418 e. The molecule has 0 spiro atoms. The van der Waals surface area contributed by atoms with Crippen LogP contribution in [0.15, 0.2) is 71.8 Å². The highest BCUT2D eigenvalue weighted by atomic mass is 19.4. The number of nitrogens with zero attached hydrogens (tertiary/aromatic N) is 1. The van der Waals surface area contributed by atoms with Crippen LogP contribution in [0, 0.1) is 0 Å². The number of methoxy groups -OCH3 is 2. The van der Waals surface area contributed by atoms with E-state index in [1.54, 1.807) is 24.3 Å². The first-order valence-corrected chi connectivity index (χ1v) is 12.1. The highest BCUT2D eigenvalue weighted by Crippen LogP contribution is 2.34. The predicted molar refractivity (Wildman–Crippen MR) is 144 cm³/mol. The highest BCUT2D eigenvalue weighted by molar-refractivity contribution is 6.35. The number of ether oxygens (including phenoxy) is 3. The number of hydrogen-bond donors (Lipinski definition) is 3. The molecule has 0 bridgehead atoms. The Bertz CT molecular complexity index is 1410. The molecule has 0 atom stereocenters. The third kappa shape index (κ3) is 9.27. The Balaban J connectivity index is 1.45. The lowest BCUT2D eigenvalue weighted by Gasteiger charge is -2.13. The summed E-state index contributed by atoms with van der Waals surface area (Å²) >= 11 is 0. The number of amides is 3. The number of halogens is 3. The van der Waals surface area contributed by atoms with Crippen LogP contribution in [-0.4, -0.2) is 51.3 Å². The lowest BCUT2D eigenvalue weighted by atomic mass is 10.1. The van der Waals surface area contributed by atoms with Gasteiger partial charge >= 0.3 is 18.0 Å². The molecule has 0 aliphatic heterocycles. The van der Waals surface area contributed by atoms with Gasteiger partial charge in [-0.15, -0.1) is 0 Å². The quantitative estimate of drug-likeness (QED) is 0.183.